The number of guanidine groups is 1. The lowest BCUT2D eigenvalue weighted by Gasteiger charge is -2.29. The smallest absolute Gasteiger partial charge is 0.359 e. The number of carboxylic acids is 1. The zero-order valence-electron chi connectivity index (χ0n) is 21.1. The SMILES string of the molecule is CC1CCC(C)C(N=NC(=O)NC(CC2CCCCC2)C(=O)NC(CCCN=C(N)N)C(=O)O)C1. The Bertz CT molecular complexity index is 763. The number of amides is 3. The van der Waals surface area contributed by atoms with Gasteiger partial charge in [-0.15, -0.1) is 0 Å². The molecule has 5 unspecified atom stereocenters. The highest BCUT2D eigenvalue weighted by Gasteiger charge is 2.30. The number of nitrogens with two attached hydrogens (primary N) is 2. The highest BCUT2D eigenvalue weighted by atomic mass is 16.4. The van der Waals surface area contributed by atoms with Crippen molar-refractivity contribution in [2.75, 3.05) is 6.54 Å². The van der Waals surface area contributed by atoms with E-state index in [1.165, 1.54) is 6.42 Å². The summed E-state index contributed by atoms with van der Waals surface area (Å²) in [6, 6.07) is -2.64. The second-order valence-electron chi connectivity index (χ2n) is 10.3. The number of nitrogens with zero attached hydrogens (tertiary/aromatic N) is 3. The van der Waals surface area contributed by atoms with Gasteiger partial charge < -0.3 is 27.2 Å². The predicted molar refractivity (Wildman–Crippen MR) is 134 cm³/mol. The van der Waals surface area contributed by atoms with Gasteiger partial charge in [-0.25, -0.2) is 9.59 Å². The van der Waals surface area contributed by atoms with Crippen molar-refractivity contribution in [1.29, 1.82) is 0 Å². The van der Waals surface area contributed by atoms with Crippen LogP contribution in [0.5, 0.6) is 0 Å². The number of hydrogen-bond donors (Lipinski definition) is 5. The van der Waals surface area contributed by atoms with Gasteiger partial charge in [0, 0.05) is 6.54 Å². The van der Waals surface area contributed by atoms with E-state index in [0.29, 0.717) is 30.6 Å². The molecule has 2 aliphatic carbocycles. The molecule has 11 heteroatoms. The van der Waals surface area contributed by atoms with Crippen LogP contribution in [0.2, 0.25) is 0 Å². The van der Waals surface area contributed by atoms with Crippen LogP contribution in [0, 0.1) is 17.8 Å². The number of carbonyl (C=O) groups is 3. The molecule has 35 heavy (non-hydrogen) atoms. The number of urea groups is 1. The highest BCUT2D eigenvalue weighted by molar-refractivity contribution is 5.90. The third-order valence-electron chi connectivity index (χ3n) is 7.18. The van der Waals surface area contributed by atoms with E-state index in [-0.39, 0.29) is 25.0 Å². The largest absolute Gasteiger partial charge is 0.480 e. The van der Waals surface area contributed by atoms with Crippen molar-refractivity contribution in [3.63, 3.8) is 0 Å². The summed E-state index contributed by atoms with van der Waals surface area (Å²) in [6.45, 7) is 4.56. The van der Waals surface area contributed by atoms with Crippen molar-refractivity contribution in [1.82, 2.24) is 10.6 Å². The second kappa shape index (κ2) is 14.6. The van der Waals surface area contributed by atoms with E-state index in [1.807, 2.05) is 0 Å². The molecule has 198 valence electrons. The van der Waals surface area contributed by atoms with Gasteiger partial charge in [-0.3, -0.25) is 9.79 Å². The molecule has 0 aromatic rings. The molecule has 0 aliphatic heterocycles. The molecule has 0 bridgehead atoms. The molecule has 2 fully saturated rings. The fourth-order valence-corrected chi connectivity index (χ4v) is 4.99. The zero-order valence-corrected chi connectivity index (χ0v) is 21.1. The van der Waals surface area contributed by atoms with Gasteiger partial charge >= 0.3 is 12.0 Å². The van der Waals surface area contributed by atoms with Crippen LogP contribution in [-0.4, -0.2) is 53.6 Å². The van der Waals surface area contributed by atoms with Gasteiger partial charge in [0.2, 0.25) is 5.91 Å². The molecule has 7 N–H and O–H groups in total. The van der Waals surface area contributed by atoms with Crippen LogP contribution in [0.25, 0.3) is 0 Å². The van der Waals surface area contributed by atoms with Gasteiger partial charge in [0.25, 0.3) is 0 Å². The lowest BCUT2D eigenvalue weighted by molar-refractivity contribution is -0.142. The standard InChI is InChI=1S/C24H43N7O4/c1-15-10-11-16(2)19(13-15)30-31-24(35)29-20(14-17-7-4-3-5-8-17)21(32)28-18(22(33)34)9-6-12-27-23(25)26/h15-20H,3-14H2,1-2H3,(H,28,32)(H,29,35)(H,33,34)(H4,25,26,27). The number of aliphatic carboxylic acids is 1. The monoisotopic (exact) mass is 493 g/mol. The Morgan fingerprint density at radius 2 is 1.71 bits per heavy atom. The summed E-state index contributed by atoms with van der Waals surface area (Å²) >= 11 is 0. The van der Waals surface area contributed by atoms with E-state index in [2.05, 4.69) is 39.7 Å². The first-order valence-electron chi connectivity index (χ1n) is 13.0. The first-order chi connectivity index (χ1) is 16.7. The summed E-state index contributed by atoms with van der Waals surface area (Å²) in [6.07, 6.45) is 9.43. The number of carboxylic acid groups (broad SMARTS) is 1. The lowest BCUT2D eigenvalue weighted by atomic mass is 9.80. The van der Waals surface area contributed by atoms with E-state index in [9.17, 15) is 19.5 Å². The summed E-state index contributed by atoms with van der Waals surface area (Å²) in [5.41, 5.74) is 10.6. The number of rotatable bonds is 11. The van der Waals surface area contributed by atoms with E-state index >= 15 is 0 Å². The van der Waals surface area contributed by atoms with Crippen LogP contribution in [0.3, 0.4) is 0 Å². The molecule has 0 aromatic carbocycles. The molecule has 5 atom stereocenters. The number of carbonyl (C=O) groups excluding carboxylic acids is 2. The van der Waals surface area contributed by atoms with Crippen LogP contribution < -0.4 is 22.1 Å². The average Bonchev–Trinajstić information content (AvgIpc) is 2.81. The van der Waals surface area contributed by atoms with Gasteiger partial charge in [-0.05, 0) is 49.9 Å². The van der Waals surface area contributed by atoms with Crippen molar-refractivity contribution in [2.24, 2.45) is 44.4 Å². The number of aliphatic imine (C=N–C) groups is 1. The molecule has 3 amide bonds. The minimum absolute atomic E-state index is 0.00303. The number of hydrogen-bond acceptors (Lipinski definition) is 5. The maximum absolute atomic E-state index is 13.1. The molecular weight excluding hydrogens is 450 g/mol. The Kier molecular flexibility index (Phi) is 11.9. The second-order valence-corrected chi connectivity index (χ2v) is 10.3. The predicted octanol–water partition coefficient (Wildman–Crippen LogP) is 2.93. The van der Waals surface area contributed by atoms with Gasteiger partial charge in [-0.2, -0.15) is 5.11 Å². The van der Waals surface area contributed by atoms with Crippen molar-refractivity contribution in [2.45, 2.75) is 103 Å². The Balaban J connectivity index is 2.02. The molecule has 11 nitrogen and oxygen atoms in total. The van der Waals surface area contributed by atoms with Crippen LogP contribution in [0.4, 0.5) is 4.79 Å². The molecule has 0 heterocycles. The number of azo groups is 1. The normalized spacial score (nSPS) is 24.9. The Morgan fingerprint density at radius 1 is 1.00 bits per heavy atom. The van der Waals surface area contributed by atoms with Crippen molar-refractivity contribution in [3.8, 4) is 0 Å². The van der Waals surface area contributed by atoms with Crippen LogP contribution >= 0.6 is 0 Å². The molecule has 2 rings (SSSR count). The molecule has 2 saturated carbocycles. The molecule has 0 radical (unpaired) electrons. The quantitative estimate of drug-likeness (QED) is 0.127. The topological polar surface area (TPSA) is 185 Å². The van der Waals surface area contributed by atoms with Crippen molar-refractivity contribution >= 4 is 23.9 Å². The summed E-state index contributed by atoms with van der Waals surface area (Å²) in [5.74, 6) is -0.537. The van der Waals surface area contributed by atoms with Crippen molar-refractivity contribution < 1.29 is 19.5 Å². The molecule has 0 aromatic heterocycles. The number of nitrogens with one attached hydrogen (secondary N) is 2. The zero-order chi connectivity index (χ0) is 25.8. The summed E-state index contributed by atoms with van der Waals surface area (Å²) in [5, 5.41) is 23.0. The van der Waals surface area contributed by atoms with E-state index in [0.717, 1.165) is 44.9 Å². The van der Waals surface area contributed by atoms with Crippen LogP contribution in [0.15, 0.2) is 15.2 Å². The molecular formula is C24H43N7O4. The summed E-state index contributed by atoms with van der Waals surface area (Å²) in [7, 11) is 0. The van der Waals surface area contributed by atoms with Crippen LogP contribution in [-0.2, 0) is 9.59 Å². The third kappa shape index (κ3) is 10.6. The molecule has 2 aliphatic rings. The third-order valence-corrected chi connectivity index (χ3v) is 7.18. The maximum Gasteiger partial charge on any atom is 0.359 e. The average molecular weight is 494 g/mol. The maximum atomic E-state index is 13.1. The first kappa shape index (κ1) is 28.5. The van der Waals surface area contributed by atoms with Gasteiger partial charge in [0.05, 0.1) is 6.04 Å². The summed E-state index contributed by atoms with van der Waals surface area (Å²) < 4.78 is 0. The first-order valence-corrected chi connectivity index (χ1v) is 13.0. The fraction of sp³-hybridized carbons (Fsp3) is 0.833. The summed E-state index contributed by atoms with van der Waals surface area (Å²) in [4.78, 5) is 41.3. The van der Waals surface area contributed by atoms with Crippen LogP contribution in [0.1, 0.15) is 84.5 Å². The molecule has 0 saturated heterocycles. The Morgan fingerprint density at radius 3 is 2.37 bits per heavy atom. The van der Waals surface area contributed by atoms with E-state index < -0.39 is 30.0 Å². The molecule has 0 spiro atoms. The fourth-order valence-electron chi connectivity index (χ4n) is 4.99. The van der Waals surface area contributed by atoms with Gasteiger partial charge in [0.15, 0.2) is 5.96 Å². The Hall–Kier alpha value is -2.72. The van der Waals surface area contributed by atoms with E-state index in [4.69, 9.17) is 11.5 Å². The minimum atomic E-state index is -1.15. The Labute approximate surface area is 208 Å². The highest BCUT2D eigenvalue weighted by Crippen LogP contribution is 2.31. The van der Waals surface area contributed by atoms with Crippen molar-refractivity contribution in [3.05, 3.63) is 0 Å². The minimum Gasteiger partial charge on any atom is -0.480 e. The lowest BCUT2D eigenvalue weighted by Crippen LogP contribution is -2.51. The van der Waals surface area contributed by atoms with Gasteiger partial charge in [-0.1, -0.05) is 57.5 Å². The van der Waals surface area contributed by atoms with E-state index in [1.54, 1.807) is 0 Å². The van der Waals surface area contributed by atoms with Gasteiger partial charge in [0.1, 0.15) is 12.1 Å².